The minimum Gasteiger partial charge on any atom is -0.469 e. The number of carbonyl (C=O) groups excluding carboxylic acids is 2. The lowest BCUT2D eigenvalue weighted by Gasteiger charge is -2.06. The maximum absolute atomic E-state index is 11.3. The van der Waals surface area contributed by atoms with E-state index in [1.165, 1.54) is 7.11 Å². The number of esters is 2. The molecule has 0 aromatic heterocycles. The van der Waals surface area contributed by atoms with E-state index in [1.54, 1.807) is 13.0 Å². The Labute approximate surface area is 82.9 Å². The Morgan fingerprint density at radius 3 is 2.86 bits per heavy atom. The van der Waals surface area contributed by atoms with Crippen LogP contribution in [0.1, 0.15) is 19.8 Å². The highest BCUT2D eigenvalue weighted by atomic mass is 16.5. The smallest absolute Gasteiger partial charge is 0.333 e. The molecular weight excluding hydrogens is 184 g/mol. The van der Waals surface area contributed by atoms with Gasteiger partial charge in [0.1, 0.15) is 0 Å². The molecule has 0 fully saturated rings. The zero-order valence-corrected chi connectivity index (χ0v) is 8.41. The van der Waals surface area contributed by atoms with Crippen molar-refractivity contribution in [1.82, 2.24) is 0 Å². The summed E-state index contributed by atoms with van der Waals surface area (Å²) in [6.07, 6.45) is 2.76. The van der Waals surface area contributed by atoms with E-state index in [0.29, 0.717) is 25.0 Å². The van der Waals surface area contributed by atoms with Crippen molar-refractivity contribution in [2.75, 3.05) is 13.7 Å². The van der Waals surface area contributed by atoms with Gasteiger partial charge in [-0.3, -0.25) is 4.79 Å². The van der Waals surface area contributed by atoms with Crippen LogP contribution in [-0.4, -0.2) is 25.7 Å². The lowest BCUT2D eigenvalue weighted by molar-refractivity contribution is -0.145. The first-order valence-electron chi connectivity index (χ1n) is 4.63. The van der Waals surface area contributed by atoms with Gasteiger partial charge in [0, 0.05) is 5.57 Å². The molecule has 0 N–H and O–H groups in total. The van der Waals surface area contributed by atoms with Crippen LogP contribution in [0, 0.1) is 5.92 Å². The minimum absolute atomic E-state index is 0.209. The van der Waals surface area contributed by atoms with Gasteiger partial charge in [0.25, 0.3) is 0 Å². The summed E-state index contributed by atoms with van der Waals surface area (Å²) in [5, 5.41) is 0. The third-order valence-electron chi connectivity index (χ3n) is 2.19. The van der Waals surface area contributed by atoms with E-state index in [2.05, 4.69) is 4.74 Å². The monoisotopic (exact) mass is 198 g/mol. The minimum atomic E-state index is -0.320. The third kappa shape index (κ3) is 2.34. The summed E-state index contributed by atoms with van der Waals surface area (Å²) in [6.45, 7) is 2.12. The SMILES string of the molecule is CCOC(=O)C1=CCC(C(=O)OC)C1. The molecule has 1 atom stereocenters. The number of rotatable bonds is 3. The molecule has 1 unspecified atom stereocenters. The first-order chi connectivity index (χ1) is 6.69. The van der Waals surface area contributed by atoms with Gasteiger partial charge >= 0.3 is 11.9 Å². The Bertz CT molecular complexity index is 267. The molecule has 78 valence electrons. The van der Waals surface area contributed by atoms with E-state index in [4.69, 9.17) is 4.74 Å². The lowest BCUT2D eigenvalue weighted by atomic mass is 10.1. The van der Waals surface area contributed by atoms with E-state index >= 15 is 0 Å². The van der Waals surface area contributed by atoms with Gasteiger partial charge in [-0.05, 0) is 19.8 Å². The highest BCUT2D eigenvalue weighted by Gasteiger charge is 2.28. The van der Waals surface area contributed by atoms with Crippen molar-refractivity contribution in [2.45, 2.75) is 19.8 Å². The van der Waals surface area contributed by atoms with Crippen LogP contribution in [0.25, 0.3) is 0 Å². The summed E-state index contributed by atoms with van der Waals surface area (Å²) < 4.78 is 9.43. The second-order valence-electron chi connectivity index (χ2n) is 3.11. The van der Waals surface area contributed by atoms with Crippen molar-refractivity contribution in [3.05, 3.63) is 11.6 Å². The molecule has 4 heteroatoms. The van der Waals surface area contributed by atoms with Crippen molar-refractivity contribution in [2.24, 2.45) is 5.92 Å². The van der Waals surface area contributed by atoms with Crippen LogP contribution >= 0.6 is 0 Å². The van der Waals surface area contributed by atoms with Crippen LogP contribution in [0.15, 0.2) is 11.6 Å². The molecule has 0 spiro atoms. The van der Waals surface area contributed by atoms with Crippen LogP contribution in [-0.2, 0) is 19.1 Å². The maximum atomic E-state index is 11.3. The molecular formula is C10H14O4. The van der Waals surface area contributed by atoms with Gasteiger partial charge in [-0.2, -0.15) is 0 Å². The highest BCUT2D eigenvalue weighted by Crippen LogP contribution is 2.26. The van der Waals surface area contributed by atoms with Crippen LogP contribution in [0.2, 0.25) is 0 Å². The molecule has 1 aliphatic carbocycles. The first-order valence-corrected chi connectivity index (χ1v) is 4.63. The fourth-order valence-corrected chi connectivity index (χ4v) is 1.45. The number of hydrogen-bond donors (Lipinski definition) is 0. The fraction of sp³-hybridized carbons (Fsp3) is 0.600. The lowest BCUT2D eigenvalue weighted by Crippen LogP contribution is -2.15. The summed E-state index contributed by atoms with van der Waals surface area (Å²) in [6, 6.07) is 0. The highest BCUT2D eigenvalue weighted by molar-refractivity contribution is 5.90. The van der Waals surface area contributed by atoms with Crippen molar-refractivity contribution in [3.8, 4) is 0 Å². The van der Waals surface area contributed by atoms with Crippen molar-refractivity contribution < 1.29 is 19.1 Å². The Morgan fingerprint density at radius 1 is 1.57 bits per heavy atom. The summed E-state index contributed by atoms with van der Waals surface area (Å²) >= 11 is 0. The van der Waals surface area contributed by atoms with Crippen molar-refractivity contribution in [3.63, 3.8) is 0 Å². The summed E-state index contributed by atoms with van der Waals surface area (Å²) in [5.74, 6) is -0.793. The summed E-state index contributed by atoms with van der Waals surface area (Å²) in [4.78, 5) is 22.4. The number of carbonyl (C=O) groups is 2. The van der Waals surface area contributed by atoms with Gasteiger partial charge in [0.05, 0.1) is 19.6 Å². The molecule has 0 aromatic carbocycles. The molecule has 4 nitrogen and oxygen atoms in total. The molecule has 0 radical (unpaired) electrons. The molecule has 0 saturated carbocycles. The van der Waals surface area contributed by atoms with Gasteiger partial charge in [-0.1, -0.05) is 6.08 Å². The van der Waals surface area contributed by atoms with Gasteiger partial charge in [-0.15, -0.1) is 0 Å². The maximum Gasteiger partial charge on any atom is 0.333 e. The molecule has 0 aromatic rings. The normalized spacial score (nSPS) is 20.1. The zero-order chi connectivity index (χ0) is 10.6. The number of methoxy groups -OCH3 is 1. The Hall–Kier alpha value is -1.32. The molecule has 1 aliphatic rings. The van der Waals surface area contributed by atoms with E-state index in [-0.39, 0.29) is 17.9 Å². The Kier molecular flexibility index (Phi) is 3.68. The third-order valence-corrected chi connectivity index (χ3v) is 2.19. The van der Waals surface area contributed by atoms with Crippen LogP contribution in [0.4, 0.5) is 0 Å². The van der Waals surface area contributed by atoms with E-state index in [9.17, 15) is 9.59 Å². The molecule has 14 heavy (non-hydrogen) atoms. The van der Waals surface area contributed by atoms with Gasteiger partial charge < -0.3 is 9.47 Å². The Balaban J connectivity index is 2.47. The average molecular weight is 198 g/mol. The van der Waals surface area contributed by atoms with Gasteiger partial charge in [0.15, 0.2) is 0 Å². The zero-order valence-electron chi connectivity index (χ0n) is 8.41. The first kappa shape index (κ1) is 10.8. The van der Waals surface area contributed by atoms with Crippen LogP contribution in [0.5, 0.6) is 0 Å². The van der Waals surface area contributed by atoms with E-state index < -0.39 is 0 Å². The van der Waals surface area contributed by atoms with Gasteiger partial charge in [-0.25, -0.2) is 4.79 Å². The Morgan fingerprint density at radius 2 is 2.29 bits per heavy atom. The average Bonchev–Trinajstić information content (AvgIpc) is 2.66. The van der Waals surface area contributed by atoms with Crippen molar-refractivity contribution >= 4 is 11.9 Å². The number of hydrogen-bond acceptors (Lipinski definition) is 4. The van der Waals surface area contributed by atoms with Crippen LogP contribution in [0.3, 0.4) is 0 Å². The largest absolute Gasteiger partial charge is 0.469 e. The molecule has 0 saturated heterocycles. The molecule has 0 amide bonds. The molecule has 1 rings (SSSR count). The number of allylic oxidation sites excluding steroid dienone is 1. The van der Waals surface area contributed by atoms with E-state index in [0.717, 1.165) is 0 Å². The molecule has 0 aliphatic heterocycles. The summed E-state index contributed by atoms with van der Waals surface area (Å²) in [5.41, 5.74) is 0.585. The predicted molar refractivity (Wildman–Crippen MR) is 49.5 cm³/mol. The summed E-state index contributed by atoms with van der Waals surface area (Å²) in [7, 11) is 1.35. The van der Waals surface area contributed by atoms with E-state index in [1.807, 2.05) is 0 Å². The van der Waals surface area contributed by atoms with Gasteiger partial charge in [0.2, 0.25) is 0 Å². The number of ether oxygens (including phenoxy) is 2. The second kappa shape index (κ2) is 4.79. The predicted octanol–water partition coefficient (Wildman–Crippen LogP) is 1.06. The second-order valence-corrected chi connectivity index (χ2v) is 3.11. The molecule has 0 bridgehead atoms. The van der Waals surface area contributed by atoms with Crippen LogP contribution < -0.4 is 0 Å². The molecule has 0 heterocycles. The topological polar surface area (TPSA) is 52.6 Å². The quantitative estimate of drug-likeness (QED) is 0.636. The van der Waals surface area contributed by atoms with Crippen molar-refractivity contribution in [1.29, 1.82) is 0 Å². The standard InChI is InChI=1S/C10H14O4/c1-3-14-10(12)8-5-4-7(6-8)9(11)13-2/h5,7H,3-4,6H2,1-2H3. The fourth-order valence-electron chi connectivity index (χ4n) is 1.45.